The van der Waals surface area contributed by atoms with E-state index in [9.17, 15) is 4.79 Å². The summed E-state index contributed by atoms with van der Waals surface area (Å²) in [5, 5.41) is 6.39. The molecule has 1 aromatic rings. The van der Waals surface area contributed by atoms with E-state index in [-0.39, 0.29) is 6.03 Å². The lowest BCUT2D eigenvalue weighted by molar-refractivity contribution is 0.217. The summed E-state index contributed by atoms with van der Waals surface area (Å²) in [6.07, 6.45) is 2.61. The Morgan fingerprint density at radius 2 is 1.84 bits per heavy atom. The van der Waals surface area contributed by atoms with Gasteiger partial charge in [0.15, 0.2) is 0 Å². The monoisotopic (exact) mass is 261 g/mol. The zero-order chi connectivity index (χ0) is 13.7. The van der Waals surface area contributed by atoms with Gasteiger partial charge < -0.3 is 15.5 Å². The van der Waals surface area contributed by atoms with E-state index in [0.29, 0.717) is 0 Å². The molecule has 0 atom stereocenters. The van der Waals surface area contributed by atoms with Crippen molar-refractivity contribution in [1.29, 1.82) is 0 Å². The minimum Gasteiger partial charge on any atom is -0.325 e. The zero-order valence-corrected chi connectivity index (χ0v) is 11.8. The molecular weight excluding hydrogens is 238 g/mol. The van der Waals surface area contributed by atoms with Crippen LogP contribution in [0.25, 0.3) is 0 Å². The van der Waals surface area contributed by atoms with E-state index in [1.165, 1.54) is 18.4 Å². The van der Waals surface area contributed by atoms with E-state index in [1.807, 2.05) is 26.0 Å². The SMILES string of the molecule is CCN(CC)C(=O)Nc1ccc(CNC2CC2)cc1. The van der Waals surface area contributed by atoms with E-state index in [1.54, 1.807) is 4.90 Å². The molecule has 0 aromatic heterocycles. The highest BCUT2D eigenvalue weighted by atomic mass is 16.2. The van der Waals surface area contributed by atoms with Crippen LogP contribution in [0.5, 0.6) is 0 Å². The molecule has 104 valence electrons. The number of rotatable bonds is 6. The second-order valence-corrected chi connectivity index (χ2v) is 4.95. The van der Waals surface area contributed by atoms with Crippen molar-refractivity contribution in [3.63, 3.8) is 0 Å². The van der Waals surface area contributed by atoms with Crippen molar-refractivity contribution in [2.24, 2.45) is 0 Å². The standard InChI is InChI=1S/C15H23N3O/c1-3-18(4-2)15(19)17-14-7-5-12(6-8-14)11-16-13-9-10-13/h5-8,13,16H,3-4,9-11H2,1-2H3,(H,17,19). The van der Waals surface area contributed by atoms with E-state index >= 15 is 0 Å². The first kappa shape index (κ1) is 13.9. The first-order valence-electron chi connectivity index (χ1n) is 7.11. The lowest BCUT2D eigenvalue weighted by Gasteiger charge is -2.19. The van der Waals surface area contributed by atoms with Crippen LogP contribution in [0.3, 0.4) is 0 Å². The maximum absolute atomic E-state index is 11.9. The quantitative estimate of drug-likeness (QED) is 0.827. The number of carbonyl (C=O) groups is 1. The summed E-state index contributed by atoms with van der Waals surface area (Å²) in [6, 6.07) is 8.74. The number of hydrogen-bond donors (Lipinski definition) is 2. The fourth-order valence-electron chi connectivity index (χ4n) is 1.97. The van der Waals surface area contributed by atoms with Crippen molar-refractivity contribution in [2.75, 3.05) is 18.4 Å². The predicted molar refractivity (Wildman–Crippen MR) is 78.2 cm³/mol. The summed E-state index contributed by atoms with van der Waals surface area (Å²) in [5.41, 5.74) is 2.11. The number of carbonyl (C=O) groups excluding carboxylic acids is 1. The van der Waals surface area contributed by atoms with Crippen molar-refractivity contribution < 1.29 is 4.79 Å². The molecule has 2 rings (SSSR count). The molecule has 2 N–H and O–H groups in total. The molecule has 0 aliphatic heterocycles. The molecule has 19 heavy (non-hydrogen) atoms. The van der Waals surface area contributed by atoms with Crippen LogP contribution >= 0.6 is 0 Å². The second-order valence-electron chi connectivity index (χ2n) is 4.95. The van der Waals surface area contributed by atoms with Crippen LogP contribution in [0.15, 0.2) is 24.3 Å². The maximum atomic E-state index is 11.9. The third-order valence-electron chi connectivity index (χ3n) is 3.43. The number of benzene rings is 1. The maximum Gasteiger partial charge on any atom is 0.321 e. The van der Waals surface area contributed by atoms with Crippen molar-refractivity contribution in [1.82, 2.24) is 10.2 Å². The van der Waals surface area contributed by atoms with Crippen LogP contribution in [-0.2, 0) is 6.54 Å². The van der Waals surface area contributed by atoms with Gasteiger partial charge >= 0.3 is 6.03 Å². The van der Waals surface area contributed by atoms with Gasteiger partial charge in [0.2, 0.25) is 0 Å². The van der Waals surface area contributed by atoms with Crippen LogP contribution in [-0.4, -0.2) is 30.1 Å². The Balaban J connectivity index is 1.84. The van der Waals surface area contributed by atoms with Gasteiger partial charge in [0.25, 0.3) is 0 Å². The lowest BCUT2D eigenvalue weighted by Crippen LogP contribution is -2.34. The molecule has 4 heteroatoms. The normalized spacial score (nSPS) is 14.2. The van der Waals surface area contributed by atoms with E-state index in [4.69, 9.17) is 0 Å². The van der Waals surface area contributed by atoms with Crippen molar-refractivity contribution in [3.05, 3.63) is 29.8 Å². The smallest absolute Gasteiger partial charge is 0.321 e. The van der Waals surface area contributed by atoms with Gasteiger partial charge in [-0.15, -0.1) is 0 Å². The summed E-state index contributed by atoms with van der Waals surface area (Å²) in [7, 11) is 0. The summed E-state index contributed by atoms with van der Waals surface area (Å²) < 4.78 is 0. The predicted octanol–water partition coefficient (Wildman–Crippen LogP) is 2.81. The van der Waals surface area contributed by atoms with Gasteiger partial charge in [-0.1, -0.05) is 12.1 Å². The van der Waals surface area contributed by atoms with Crippen molar-refractivity contribution in [2.45, 2.75) is 39.3 Å². The van der Waals surface area contributed by atoms with Crippen LogP contribution in [0.4, 0.5) is 10.5 Å². The average Bonchev–Trinajstić information content (AvgIpc) is 3.23. The van der Waals surface area contributed by atoms with Crippen LogP contribution < -0.4 is 10.6 Å². The number of urea groups is 1. The molecule has 0 bridgehead atoms. The topological polar surface area (TPSA) is 44.4 Å². The zero-order valence-electron chi connectivity index (χ0n) is 11.8. The number of hydrogen-bond acceptors (Lipinski definition) is 2. The largest absolute Gasteiger partial charge is 0.325 e. The highest BCUT2D eigenvalue weighted by Gasteiger charge is 2.19. The summed E-state index contributed by atoms with van der Waals surface area (Å²) in [6.45, 7) is 6.33. The minimum absolute atomic E-state index is 0.0335. The molecule has 1 aliphatic carbocycles. The fourth-order valence-corrected chi connectivity index (χ4v) is 1.97. The van der Waals surface area contributed by atoms with Crippen molar-refractivity contribution >= 4 is 11.7 Å². The third kappa shape index (κ3) is 4.24. The van der Waals surface area contributed by atoms with Crippen LogP contribution in [0, 0.1) is 0 Å². The van der Waals surface area contributed by atoms with Gasteiger partial charge in [-0.05, 0) is 44.4 Å². The van der Waals surface area contributed by atoms with E-state index < -0.39 is 0 Å². The molecule has 0 radical (unpaired) electrons. The summed E-state index contributed by atoms with van der Waals surface area (Å²) >= 11 is 0. The number of amides is 2. The van der Waals surface area contributed by atoms with Crippen LogP contribution in [0.1, 0.15) is 32.3 Å². The highest BCUT2D eigenvalue weighted by molar-refractivity contribution is 5.89. The average molecular weight is 261 g/mol. The minimum atomic E-state index is -0.0335. The molecule has 0 unspecified atom stereocenters. The third-order valence-corrected chi connectivity index (χ3v) is 3.43. The number of anilines is 1. The van der Waals surface area contributed by atoms with Gasteiger partial charge in [0.1, 0.15) is 0 Å². The van der Waals surface area contributed by atoms with Gasteiger partial charge in [-0.2, -0.15) is 0 Å². The molecule has 2 amide bonds. The molecule has 1 saturated carbocycles. The van der Waals surface area contributed by atoms with Crippen LogP contribution in [0.2, 0.25) is 0 Å². The molecule has 1 aromatic carbocycles. The number of nitrogens with one attached hydrogen (secondary N) is 2. The summed E-state index contributed by atoms with van der Waals surface area (Å²) in [4.78, 5) is 13.7. The van der Waals surface area contributed by atoms with Crippen molar-refractivity contribution in [3.8, 4) is 0 Å². The molecule has 1 aliphatic rings. The first-order chi connectivity index (χ1) is 9.22. The Hall–Kier alpha value is -1.55. The molecule has 0 spiro atoms. The Bertz CT molecular complexity index is 408. The van der Waals surface area contributed by atoms with E-state index in [0.717, 1.165) is 31.4 Å². The Labute approximate surface area is 115 Å². The fraction of sp³-hybridized carbons (Fsp3) is 0.533. The van der Waals surface area contributed by atoms with Gasteiger partial charge in [0.05, 0.1) is 0 Å². The summed E-state index contributed by atoms with van der Waals surface area (Å²) in [5.74, 6) is 0. The molecule has 1 fully saturated rings. The molecular formula is C15H23N3O. The van der Waals surface area contributed by atoms with E-state index in [2.05, 4.69) is 22.8 Å². The highest BCUT2D eigenvalue weighted by Crippen LogP contribution is 2.19. The molecule has 0 heterocycles. The molecule has 4 nitrogen and oxygen atoms in total. The van der Waals surface area contributed by atoms with Gasteiger partial charge in [-0.3, -0.25) is 0 Å². The molecule has 0 saturated heterocycles. The van der Waals surface area contributed by atoms with Gasteiger partial charge in [-0.25, -0.2) is 4.79 Å². The number of nitrogens with zero attached hydrogens (tertiary/aromatic N) is 1. The Kier molecular flexibility index (Phi) is 4.80. The Morgan fingerprint density at radius 1 is 1.21 bits per heavy atom. The van der Waals surface area contributed by atoms with Gasteiger partial charge in [0, 0.05) is 31.4 Å². The first-order valence-corrected chi connectivity index (χ1v) is 7.11. The second kappa shape index (κ2) is 6.57. The Morgan fingerprint density at radius 3 is 2.37 bits per heavy atom. The lowest BCUT2D eigenvalue weighted by atomic mass is 10.2.